The van der Waals surface area contributed by atoms with Crippen molar-refractivity contribution >= 4 is 41.4 Å². The van der Waals surface area contributed by atoms with Crippen LogP contribution < -0.4 is 16.0 Å². The number of anilines is 2. The average Bonchev–Trinajstić information content (AvgIpc) is 2.85. The number of rotatable bonds is 6. The first kappa shape index (κ1) is 25.7. The zero-order valence-electron chi connectivity index (χ0n) is 18.9. The van der Waals surface area contributed by atoms with Gasteiger partial charge in [-0.05, 0) is 60.7 Å². The number of aliphatic hydroxyl groups is 1. The molecular weight excluding hydrogens is 456 g/mol. The van der Waals surface area contributed by atoms with Crippen LogP contribution in [-0.4, -0.2) is 48.1 Å². The molecule has 2 atom stereocenters. The Hall–Kier alpha value is -2.94. The van der Waals surface area contributed by atoms with Crippen LogP contribution in [0.15, 0.2) is 48.5 Å². The number of morpholine rings is 1. The van der Waals surface area contributed by atoms with E-state index in [1.54, 1.807) is 29.2 Å². The molecule has 0 radical (unpaired) electrons. The van der Waals surface area contributed by atoms with Crippen LogP contribution in [0.25, 0.3) is 0 Å². The Morgan fingerprint density at radius 3 is 2.35 bits per heavy atom. The molecule has 0 aromatic heterocycles. The van der Waals surface area contributed by atoms with Crippen molar-refractivity contribution in [2.24, 2.45) is 5.73 Å². The summed E-state index contributed by atoms with van der Waals surface area (Å²) in [6.07, 6.45) is 3.29. The lowest BCUT2D eigenvalue weighted by molar-refractivity contribution is -0.150. The highest BCUT2D eigenvalue weighted by Gasteiger charge is 2.39. The molecule has 2 aliphatic rings. The van der Waals surface area contributed by atoms with Gasteiger partial charge >= 0.3 is 0 Å². The number of nitrogens with two attached hydrogens (primary N) is 1. The number of nitrogens with one attached hydrogen (secondary N) is 2. The van der Waals surface area contributed by atoms with E-state index in [2.05, 4.69) is 17.4 Å². The number of carbonyl (C=O) groups excluding carboxylic acids is 2. The van der Waals surface area contributed by atoms with Crippen LogP contribution in [0.3, 0.4) is 0 Å². The van der Waals surface area contributed by atoms with Gasteiger partial charge in [0.2, 0.25) is 0 Å². The second kappa shape index (κ2) is 11.5. The van der Waals surface area contributed by atoms with Gasteiger partial charge in [0.25, 0.3) is 11.8 Å². The summed E-state index contributed by atoms with van der Waals surface area (Å²) in [5, 5.41) is 20.5. The van der Waals surface area contributed by atoms with Gasteiger partial charge in [0, 0.05) is 23.5 Å². The number of benzene rings is 2. The van der Waals surface area contributed by atoms with Gasteiger partial charge in [-0.2, -0.15) is 0 Å². The summed E-state index contributed by atoms with van der Waals surface area (Å²) in [6.45, 7) is 0.581. The van der Waals surface area contributed by atoms with Crippen LogP contribution in [-0.2, 0) is 14.3 Å². The molecule has 34 heavy (non-hydrogen) atoms. The number of hydrogen-bond donors (Lipinski definition) is 4. The minimum absolute atomic E-state index is 0. The van der Waals surface area contributed by atoms with Crippen molar-refractivity contribution in [3.05, 3.63) is 59.7 Å². The Labute approximate surface area is 205 Å². The molecule has 1 saturated heterocycles. The highest BCUT2D eigenvalue weighted by atomic mass is 35.5. The molecule has 4 rings (SSSR count). The highest BCUT2D eigenvalue weighted by molar-refractivity contribution is 6.04. The molecule has 1 aliphatic carbocycles. The Balaban J connectivity index is 0.00000324. The molecule has 5 N–H and O–H groups in total. The third-order valence-electron chi connectivity index (χ3n) is 6.42. The van der Waals surface area contributed by atoms with Gasteiger partial charge in [-0.1, -0.05) is 31.4 Å². The van der Waals surface area contributed by atoms with Crippen LogP contribution >= 0.6 is 12.4 Å². The maximum Gasteiger partial charge on any atom is 0.259 e. The number of hydrogen-bond acceptors (Lipinski definition) is 5. The Kier molecular flexibility index (Phi) is 8.66. The third-order valence-corrected chi connectivity index (χ3v) is 6.42. The molecule has 2 aromatic carbocycles. The van der Waals surface area contributed by atoms with E-state index < -0.39 is 24.0 Å². The smallest absolute Gasteiger partial charge is 0.259 e. The molecule has 1 saturated carbocycles. The summed E-state index contributed by atoms with van der Waals surface area (Å²) in [5.41, 5.74) is 8.40. The first-order chi connectivity index (χ1) is 15.9. The number of nitrogen functional groups attached to an aromatic ring is 1. The second-order valence-corrected chi connectivity index (χ2v) is 8.63. The van der Waals surface area contributed by atoms with Gasteiger partial charge in [0.15, 0.2) is 12.2 Å². The fourth-order valence-corrected chi connectivity index (χ4v) is 4.54. The van der Waals surface area contributed by atoms with Gasteiger partial charge in [-0.15, -0.1) is 12.4 Å². The quantitative estimate of drug-likeness (QED) is 0.368. The first-order valence-electron chi connectivity index (χ1n) is 11.4. The van der Waals surface area contributed by atoms with Crippen molar-refractivity contribution < 1.29 is 19.4 Å². The summed E-state index contributed by atoms with van der Waals surface area (Å²) in [7, 11) is 0. The van der Waals surface area contributed by atoms with E-state index in [0.29, 0.717) is 23.7 Å². The van der Waals surface area contributed by atoms with Crippen molar-refractivity contribution in [3.63, 3.8) is 0 Å². The topological polar surface area (TPSA) is 129 Å². The number of amidine groups is 1. The van der Waals surface area contributed by atoms with Gasteiger partial charge in [0.1, 0.15) is 5.84 Å². The van der Waals surface area contributed by atoms with E-state index in [4.69, 9.17) is 15.9 Å². The van der Waals surface area contributed by atoms with Crippen LogP contribution in [0.4, 0.5) is 11.4 Å². The summed E-state index contributed by atoms with van der Waals surface area (Å²) in [5.74, 6) is -0.684. The van der Waals surface area contributed by atoms with Crippen molar-refractivity contribution in [1.29, 1.82) is 5.41 Å². The van der Waals surface area contributed by atoms with Crippen molar-refractivity contribution in [2.75, 3.05) is 23.4 Å². The van der Waals surface area contributed by atoms with Crippen LogP contribution in [0.1, 0.15) is 49.1 Å². The van der Waals surface area contributed by atoms with Gasteiger partial charge in [0.05, 0.1) is 6.61 Å². The average molecular weight is 487 g/mol. The lowest BCUT2D eigenvalue weighted by atomic mass is 9.84. The summed E-state index contributed by atoms with van der Waals surface area (Å²) in [6, 6.07) is 14.4. The number of halogens is 1. The molecule has 0 bridgehead atoms. The van der Waals surface area contributed by atoms with Crippen molar-refractivity contribution in [1.82, 2.24) is 0 Å². The SMILES string of the molecule is Cl.N=C(N)c1ccc(NC(=O)[C@H](O)[C@H]2OCCN(c3ccc(C4CCCCC4)cc3)C2=O)cc1. The summed E-state index contributed by atoms with van der Waals surface area (Å²) < 4.78 is 5.49. The number of aliphatic hydroxyl groups excluding tert-OH is 1. The molecule has 9 heteroatoms. The Morgan fingerprint density at radius 1 is 1.09 bits per heavy atom. The predicted octanol–water partition coefficient (Wildman–Crippen LogP) is 3.17. The normalized spacial score (nSPS) is 19.7. The number of amides is 2. The van der Waals surface area contributed by atoms with E-state index >= 15 is 0 Å². The molecule has 2 fully saturated rings. The maximum absolute atomic E-state index is 13.1. The van der Waals surface area contributed by atoms with E-state index in [9.17, 15) is 14.7 Å². The zero-order chi connectivity index (χ0) is 23.4. The Morgan fingerprint density at radius 2 is 1.74 bits per heavy atom. The van der Waals surface area contributed by atoms with Crippen molar-refractivity contribution in [2.45, 2.75) is 50.2 Å². The standard InChI is InChI=1S/C25H30N4O4.ClH/c26-23(27)18-6-10-19(11-7-18)28-24(31)21(30)22-25(32)29(14-15-33-22)20-12-8-17(9-13-20)16-4-2-1-3-5-16;/h6-13,16,21-22,30H,1-5,14-15H2,(H3,26,27)(H,28,31);1H/t21-,22-;/m1./s1. The molecule has 2 aromatic rings. The largest absolute Gasteiger partial charge is 0.384 e. The molecule has 8 nitrogen and oxygen atoms in total. The molecular formula is C25H31ClN4O4. The third kappa shape index (κ3) is 5.75. The van der Waals surface area contributed by atoms with Crippen LogP contribution in [0, 0.1) is 5.41 Å². The molecule has 2 amide bonds. The van der Waals surface area contributed by atoms with E-state index in [-0.39, 0.29) is 24.8 Å². The number of carbonyl (C=O) groups is 2. The lowest BCUT2D eigenvalue weighted by Crippen LogP contribution is -2.55. The highest BCUT2D eigenvalue weighted by Crippen LogP contribution is 2.33. The Bertz CT molecular complexity index is 1010. The zero-order valence-corrected chi connectivity index (χ0v) is 19.7. The number of nitrogens with zero attached hydrogens (tertiary/aromatic N) is 1. The minimum Gasteiger partial charge on any atom is -0.384 e. The van der Waals surface area contributed by atoms with Gasteiger partial charge in [-0.3, -0.25) is 15.0 Å². The molecule has 1 heterocycles. The molecule has 1 aliphatic heterocycles. The fraction of sp³-hybridized carbons (Fsp3) is 0.400. The monoisotopic (exact) mass is 486 g/mol. The van der Waals surface area contributed by atoms with Crippen molar-refractivity contribution in [3.8, 4) is 0 Å². The van der Waals surface area contributed by atoms with Crippen LogP contribution in [0.5, 0.6) is 0 Å². The summed E-state index contributed by atoms with van der Waals surface area (Å²) >= 11 is 0. The van der Waals surface area contributed by atoms with Crippen LogP contribution in [0.2, 0.25) is 0 Å². The lowest BCUT2D eigenvalue weighted by Gasteiger charge is -2.34. The first-order valence-corrected chi connectivity index (χ1v) is 11.4. The van der Waals surface area contributed by atoms with E-state index in [1.807, 2.05) is 12.1 Å². The fourth-order valence-electron chi connectivity index (χ4n) is 4.54. The molecule has 182 valence electrons. The molecule has 0 spiro atoms. The summed E-state index contributed by atoms with van der Waals surface area (Å²) in [4.78, 5) is 27.2. The molecule has 0 unspecified atom stereocenters. The van der Waals surface area contributed by atoms with Gasteiger partial charge in [-0.25, -0.2) is 0 Å². The predicted molar refractivity (Wildman–Crippen MR) is 134 cm³/mol. The van der Waals surface area contributed by atoms with Gasteiger partial charge < -0.3 is 25.8 Å². The number of ether oxygens (including phenoxy) is 1. The maximum atomic E-state index is 13.1. The minimum atomic E-state index is -1.66. The van der Waals surface area contributed by atoms with E-state index in [0.717, 1.165) is 5.69 Å². The van der Waals surface area contributed by atoms with E-state index in [1.165, 1.54) is 37.7 Å². The second-order valence-electron chi connectivity index (χ2n) is 8.63.